The molecule has 0 saturated heterocycles. The maximum atomic E-state index is 2.86. The standard InChI is InChI=1S/H8P6/c1-4-6(3)5-2/h4-5H,1-3H2. The third kappa shape index (κ3) is 4.73. The topological polar surface area (TPSA) is 0 Å². The molecule has 5 atom stereocenters. The van der Waals surface area contributed by atoms with Gasteiger partial charge >= 0.3 is 0 Å². The zero-order chi connectivity index (χ0) is 4.99. The van der Waals surface area contributed by atoms with E-state index in [1.54, 1.807) is 0 Å². The van der Waals surface area contributed by atoms with Crippen LogP contribution < -0.4 is 0 Å². The zero-order valence-electron chi connectivity index (χ0n) is 3.18. The molecule has 0 saturated carbocycles. The van der Waals surface area contributed by atoms with E-state index in [-0.39, 0.29) is 0 Å². The lowest BCUT2D eigenvalue weighted by Crippen LogP contribution is -1.07. The van der Waals surface area contributed by atoms with Crippen LogP contribution in [0.3, 0.4) is 0 Å². The van der Waals surface area contributed by atoms with Crippen molar-refractivity contribution in [3.63, 3.8) is 0 Å². The van der Waals surface area contributed by atoms with Gasteiger partial charge in [-0.3, -0.25) is 0 Å². The van der Waals surface area contributed by atoms with Crippen LogP contribution in [-0.4, -0.2) is 0 Å². The second kappa shape index (κ2) is 5.71. The summed E-state index contributed by atoms with van der Waals surface area (Å²) in [5.74, 6) is 0. The summed E-state index contributed by atoms with van der Waals surface area (Å²) in [4.78, 5) is 0. The van der Waals surface area contributed by atoms with Crippen LogP contribution in [0, 0.1) is 0 Å². The monoisotopic (exact) mass is 194 g/mol. The molecule has 0 N–H and O–H groups in total. The van der Waals surface area contributed by atoms with E-state index in [4.69, 9.17) is 0 Å². The molecular formula is H8P6. The molecule has 0 bridgehead atoms. The Kier molecular flexibility index (Phi) is 8.17. The first-order valence-electron chi connectivity index (χ1n) is 1.28. The molecule has 0 spiro atoms. The minimum atomic E-state index is 0.322. The van der Waals surface area contributed by atoms with Gasteiger partial charge < -0.3 is 0 Å². The van der Waals surface area contributed by atoms with Crippen LogP contribution in [0.2, 0.25) is 0 Å². The third-order valence-corrected chi connectivity index (χ3v) is 22.5. The summed E-state index contributed by atoms with van der Waals surface area (Å²) in [5, 5.41) is 0. The summed E-state index contributed by atoms with van der Waals surface area (Å²) in [6.07, 6.45) is 0. The van der Waals surface area contributed by atoms with Gasteiger partial charge in [-0.1, -0.05) is 15.9 Å². The van der Waals surface area contributed by atoms with Crippen LogP contribution in [-0.2, 0) is 0 Å². The van der Waals surface area contributed by atoms with Gasteiger partial charge in [0.15, 0.2) is 0 Å². The van der Waals surface area contributed by atoms with E-state index in [0.717, 1.165) is 15.9 Å². The quantitative estimate of drug-likeness (QED) is 0.592. The highest BCUT2D eigenvalue weighted by molar-refractivity contribution is 8.85. The zero-order valence-corrected chi connectivity index (χ0v) is 9.54. The minimum Gasteiger partial charge on any atom is -0.109 e. The molecule has 38 valence electrons. The summed E-state index contributed by atoms with van der Waals surface area (Å²) in [7, 11) is 10.5. The Bertz CT molecular complexity index is 19.2. The minimum absolute atomic E-state index is 0.322. The largest absolute Gasteiger partial charge is 0.109 e. The van der Waals surface area contributed by atoms with Crippen molar-refractivity contribution in [2.24, 2.45) is 0 Å². The van der Waals surface area contributed by atoms with Crippen molar-refractivity contribution in [1.29, 1.82) is 0 Å². The summed E-state index contributed by atoms with van der Waals surface area (Å²) in [6.45, 7) is 0.322. The molecule has 0 aromatic carbocycles. The van der Waals surface area contributed by atoms with Crippen molar-refractivity contribution in [3.05, 3.63) is 0 Å². The van der Waals surface area contributed by atoms with Crippen LogP contribution in [0.1, 0.15) is 0 Å². The SMILES string of the molecule is PPP(P)PP. The molecule has 0 heterocycles. The van der Waals surface area contributed by atoms with Gasteiger partial charge in [0, 0.05) is 0 Å². The fourth-order valence-electron chi connectivity index (χ4n) is 0.0373. The van der Waals surface area contributed by atoms with Gasteiger partial charge in [0.1, 0.15) is 0 Å². The first-order chi connectivity index (χ1) is 2.81. The molecule has 0 aliphatic carbocycles. The summed E-state index contributed by atoms with van der Waals surface area (Å²) >= 11 is 0. The van der Waals surface area contributed by atoms with Crippen molar-refractivity contribution in [3.8, 4) is 0 Å². The highest BCUT2D eigenvalue weighted by atomic mass is 32.9. The van der Waals surface area contributed by atoms with Crippen molar-refractivity contribution in [2.75, 3.05) is 0 Å². The van der Waals surface area contributed by atoms with Crippen molar-refractivity contribution >= 4 is 49.7 Å². The van der Waals surface area contributed by atoms with Gasteiger partial charge in [0.25, 0.3) is 0 Å². The number of hydrogen-bond acceptors (Lipinski definition) is 0. The van der Waals surface area contributed by atoms with Crippen LogP contribution in [0.25, 0.3) is 0 Å². The van der Waals surface area contributed by atoms with E-state index in [1.165, 1.54) is 0 Å². The maximum absolute atomic E-state index is 2.86. The molecule has 0 radical (unpaired) electrons. The lowest BCUT2D eigenvalue weighted by molar-refractivity contribution is 4.99. The van der Waals surface area contributed by atoms with Gasteiger partial charge in [0.2, 0.25) is 0 Å². The van der Waals surface area contributed by atoms with E-state index >= 15 is 0 Å². The van der Waals surface area contributed by atoms with Crippen molar-refractivity contribution in [2.45, 2.75) is 0 Å². The fraction of sp³-hybridized carbons (Fsp3) is 0. The van der Waals surface area contributed by atoms with Crippen molar-refractivity contribution < 1.29 is 0 Å². The molecular weight excluding hydrogens is 186 g/mol. The highest BCUT2D eigenvalue weighted by Gasteiger charge is 1.87. The van der Waals surface area contributed by atoms with Gasteiger partial charge in [0.05, 0.1) is 0 Å². The van der Waals surface area contributed by atoms with E-state index in [2.05, 4.69) is 26.8 Å². The van der Waals surface area contributed by atoms with Crippen LogP contribution in [0.15, 0.2) is 0 Å². The van der Waals surface area contributed by atoms with E-state index in [0.29, 0.717) is 6.99 Å². The van der Waals surface area contributed by atoms with Gasteiger partial charge in [-0.25, -0.2) is 0 Å². The Labute approximate surface area is 50.2 Å². The van der Waals surface area contributed by atoms with Gasteiger partial charge in [-0.05, 0) is 6.99 Å². The Morgan fingerprint density at radius 2 is 1.50 bits per heavy atom. The smallest absolute Gasteiger partial charge is 0.0357 e. The summed E-state index contributed by atoms with van der Waals surface area (Å²) in [6, 6.07) is 0. The van der Waals surface area contributed by atoms with Gasteiger partial charge in [-0.2, -0.15) is 0 Å². The molecule has 0 aliphatic heterocycles. The van der Waals surface area contributed by atoms with Crippen molar-refractivity contribution in [1.82, 2.24) is 0 Å². The second-order valence-corrected chi connectivity index (χ2v) is 17.0. The molecule has 6 heteroatoms. The Morgan fingerprint density at radius 1 is 1.17 bits per heavy atom. The molecule has 0 aromatic heterocycles. The summed E-state index contributed by atoms with van der Waals surface area (Å²) in [5.41, 5.74) is 0. The fourth-order valence-corrected chi connectivity index (χ4v) is 9.06. The Balaban J connectivity index is 2.75. The summed E-state index contributed by atoms with van der Waals surface area (Å²) < 4.78 is 0. The molecule has 5 unspecified atom stereocenters. The molecule has 6 heavy (non-hydrogen) atoms. The predicted molar refractivity (Wildman–Crippen MR) is 52.7 cm³/mol. The maximum Gasteiger partial charge on any atom is -0.0357 e. The molecule has 0 amide bonds. The molecule has 0 nitrogen and oxygen atoms in total. The van der Waals surface area contributed by atoms with Crippen LogP contribution >= 0.6 is 49.7 Å². The lowest BCUT2D eigenvalue weighted by Gasteiger charge is -1.99. The lowest BCUT2D eigenvalue weighted by atomic mass is 29.0. The second-order valence-electron chi connectivity index (χ2n) is 0.628. The Hall–Kier alpha value is 2.58. The average Bonchev–Trinajstić information content (AvgIpc) is 1.65. The predicted octanol–water partition coefficient (Wildman–Crippen LogP) is 3.03. The van der Waals surface area contributed by atoms with E-state index in [9.17, 15) is 0 Å². The third-order valence-electron chi connectivity index (χ3n) is 0.278. The normalized spacial score (nSPS) is 18.5. The van der Waals surface area contributed by atoms with E-state index in [1.807, 2.05) is 0 Å². The Morgan fingerprint density at radius 3 is 1.50 bits per heavy atom. The number of rotatable bonds is 2. The molecule has 0 fully saturated rings. The molecule has 0 aliphatic rings. The highest BCUT2D eigenvalue weighted by Crippen LogP contribution is 2.80. The number of hydrogen-bond donors (Lipinski definition) is 0. The van der Waals surface area contributed by atoms with Gasteiger partial charge in [-0.15, -0.1) is 26.8 Å². The molecule has 0 rings (SSSR count). The van der Waals surface area contributed by atoms with Crippen LogP contribution in [0.5, 0.6) is 0 Å². The average molecular weight is 194 g/mol. The first-order valence-corrected chi connectivity index (χ1v) is 11.5. The molecule has 0 aromatic rings. The van der Waals surface area contributed by atoms with Crippen LogP contribution in [0.4, 0.5) is 0 Å². The van der Waals surface area contributed by atoms with E-state index < -0.39 is 0 Å². The first kappa shape index (κ1) is 8.58.